The average Bonchev–Trinajstić information content (AvgIpc) is 2.74. The largest absolute Gasteiger partial charge is 0.376 e. The van der Waals surface area contributed by atoms with Crippen molar-refractivity contribution in [2.75, 3.05) is 18.9 Å². The number of carbonyl (C=O) groups is 1. The van der Waals surface area contributed by atoms with Crippen LogP contribution in [0.2, 0.25) is 0 Å². The van der Waals surface area contributed by atoms with Crippen molar-refractivity contribution in [2.45, 2.75) is 82.3 Å². The summed E-state index contributed by atoms with van der Waals surface area (Å²) in [6.07, 6.45) is 11.3. The first kappa shape index (κ1) is 20.7. The summed E-state index contributed by atoms with van der Waals surface area (Å²) in [6, 6.07) is 11.2. The van der Waals surface area contributed by atoms with Gasteiger partial charge in [-0.25, -0.2) is 0 Å². The van der Waals surface area contributed by atoms with Crippen molar-refractivity contribution in [1.82, 2.24) is 10.2 Å². The highest BCUT2D eigenvalue weighted by atomic mass is 16.2. The Kier molecular flexibility index (Phi) is 7.33. The van der Waals surface area contributed by atoms with Crippen molar-refractivity contribution in [1.29, 1.82) is 5.26 Å². The molecule has 1 aromatic carbocycles. The first-order valence-corrected chi connectivity index (χ1v) is 10.9. The summed E-state index contributed by atoms with van der Waals surface area (Å²) >= 11 is 0. The summed E-state index contributed by atoms with van der Waals surface area (Å²) in [5, 5.41) is 15.8. The second kappa shape index (κ2) is 9.93. The minimum absolute atomic E-state index is 0.0983. The SMILES string of the molecule is CN(Cc1ccccc1NCC(=O)NC1(C#N)CCCCC1)C1CCCCC1. The van der Waals surface area contributed by atoms with Crippen molar-refractivity contribution in [2.24, 2.45) is 0 Å². The fourth-order valence-electron chi connectivity index (χ4n) is 4.66. The molecule has 3 rings (SSSR count). The highest BCUT2D eigenvalue weighted by Gasteiger charge is 2.33. The summed E-state index contributed by atoms with van der Waals surface area (Å²) in [5.41, 5.74) is 1.56. The van der Waals surface area contributed by atoms with Crippen molar-refractivity contribution in [3.63, 3.8) is 0 Å². The zero-order valence-electron chi connectivity index (χ0n) is 17.2. The summed E-state index contributed by atoms with van der Waals surface area (Å²) in [5.74, 6) is -0.0983. The van der Waals surface area contributed by atoms with Crippen LogP contribution in [0, 0.1) is 11.3 Å². The van der Waals surface area contributed by atoms with E-state index in [1.807, 2.05) is 12.1 Å². The third kappa shape index (κ3) is 5.48. The molecule has 0 aromatic heterocycles. The van der Waals surface area contributed by atoms with Gasteiger partial charge in [-0.15, -0.1) is 0 Å². The average molecular weight is 383 g/mol. The predicted molar refractivity (Wildman–Crippen MR) is 113 cm³/mol. The summed E-state index contributed by atoms with van der Waals surface area (Å²) in [4.78, 5) is 14.9. The van der Waals surface area contributed by atoms with Crippen LogP contribution in [0.25, 0.3) is 0 Å². The Labute approximate surface area is 169 Å². The van der Waals surface area contributed by atoms with Crippen LogP contribution in [0.3, 0.4) is 0 Å². The fraction of sp³-hybridized carbons (Fsp3) is 0.652. The first-order valence-electron chi connectivity index (χ1n) is 10.9. The van der Waals surface area contributed by atoms with Gasteiger partial charge in [0.05, 0.1) is 12.6 Å². The molecule has 2 aliphatic carbocycles. The van der Waals surface area contributed by atoms with Crippen molar-refractivity contribution < 1.29 is 4.79 Å². The van der Waals surface area contributed by atoms with Crippen LogP contribution in [0.15, 0.2) is 24.3 Å². The van der Waals surface area contributed by atoms with E-state index in [1.165, 1.54) is 37.7 Å². The maximum Gasteiger partial charge on any atom is 0.240 e. The molecule has 1 amide bonds. The van der Waals surface area contributed by atoms with Gasteiger partial charge in [-0.05, 0) is 44.4 Å². The van der Waals surface area contributed by atoms with Gasteiger partial charge in [-0.3, -0.25) is 9.69 Å². The molecular formula is C23H34N4O. The molecule has 2 saturated carbocycles. The van der Waals surface area contributed by atoms with E-state index in [-0.39, 0.29) is 12.5 Å². The van der Waals surface area contributed by atoms with Gasteiger partial charge in [0, 0.05) is 18.3 Å². The Morgan fingerprint density at radius 3 is 2.54 bits per heavy atom. The Morgan fingerprint density at radius 2 is 1.82 bits per heavy atom. The predicted octanol–water partition coefficient (Wildman–Crippen LogP) is 4.21. The Balaban J connectivity index is 1.55. The van der Waals surface area contributed by atoms with Crippen LogP contribution >= 0.6 is 0 Å². The number of anilines is 1. The second-order valence-electron chi connectivity index (χ2n) is 8.52. The highest BCUT2D eigenvalue weighted by molar-refractivity contribution is 5.82. The zero-order chi connectivity index (χ0) is 19.8. The molecule has 0 unspecified atom stereocenters. The molecule has 5 heteroatoms. The van der Waals surface area contributed by atoms with E-state index in [1.54, 1.807) is 0 Å². The topological polar surface area (TPSA) is 68.2 Å². The van der Waals surface area contributed by atoms with Crippen LogP contribution in [0.4, 0.5) is 5.69 Å². The van der Waals surface area contributed by atoms with Gasteiger partial charge in [0.1, 0.15) is 5.54 Å². The third-order valence-electron chi connectivity index (χ3n) is 6.37. The van der Waals surface area contributed by atoms with E-state index >= 15 is 0 Å². The molecule has 28 heavy (non-hydrogen) atoms. The normalized spacial score (nSPS) is 19.8. The number of hydrogen-bond donors (Lipinski definition) is 2. The van der Waals surface area contributed by atoms with Gasteiger partial charge in [-0.1, -0.05) is 56.7 Å². The Morgan fingerprint density at radius 1 is 1.14 bits per heavy atom. The molecule has 0 aliphatic heterocycles. The molecule has 0 bridgehead atoms. The first-order chi connectivity index (χ1) is 13.6. The molecule has 0 atom stereocenters. The van der Waals surface area contributed by atoms with E-state index < -0.39 is 5.54 Å². The van der Waals surface area contributed by atoms with Crippen LogP contribution in [0.5, 0.6) is 0 Å². The lowest BCUT2D eigenvalue weighted by molar-refractivity contribution is -0.121. The number of hydrogen-bond acceptors (Lipinski definition) is 4. The third-order valence-corrected chi connectivity index (χ3v) is 6.37. The number of benzene rings is 1. The number of nitrogens with zero attached hydrogens (tertiary/aromatic N) is 2. The molecule has 2 aliphatic rings. The minimum atomic E-state index is -0.669. The van der Waals surface area contributed by atoms with Crippen molar-refractivity contribution >= 4 is 11.6 Å². The van der Waals surface area contributed by atoms with Crippen LogP contribution in [-0.2, 0) is 11.3 Å². The molecule has 0 heterocycles. The van der Waals surface area contributed by atoms with Gasteiger partial charge >= 0.3 is 0 Å². The molecular weight excluding hydrogens is 348 g/mol. The maximum absolute atomic E-state index is 12.5. The van der Waals surface area contributed by atoms with Crippen LogP contribution in [0.1, 0.15) is 69.8 Å². The smallest absolute Gasteiger partial charge is 0.240 e. The lowest BCUT2D eigenvalue weighted by Crippen LogP contribution is -2.50. The molecule has 2 N–H and O–H groups in total. The van der Waals surface area contributed by atoms with Crippen molar-refractivity contribution in [3.05, 3.63) is 29.8 Å². The number of para-hydroxylation sites is 1. The van der Waals surface area contributed by atoms with Gasteiger partial charge in [0.15, 0.2) is 0 Å². The molecule has 5 nitrogen and oxygen atoms in total. The second-order valence-corrected chi connectivity index (χ2v) is 8.52. The van der Waals surface area contributed by atoms with Crippen LogP contribution < -0.4 is 10.6 Å². The summed E-state index contributed by atoms with van der Waals surface area (Å²) in [6.45, 7) is 1.09. The fourth-order valence-corrected chi connectivity index (χ4v) is 4.66. The standard InChI is InChI=1S/C23H34N4O/c1-27(20-11-4-2-5-12-20)17-19-10-6-7-13-21(19)25-16-22(28)26-23(18-24)14-8-3-9-15-23/h6-7,10,13,20,25H,2-5,8-9,11-12,14-17H2,1H3,(H,26,28). The van der Waals surface area contributed by atoms with Gasteiger partial charge in [0.2, 0.25) is 5.91 Å². The number of nitrogens with one attached hydrogen (secondary N) is 2. The van der Waals surface area contributed by atoms with E-state index in [4.69, 9.17) is 0 Å². The van der Waals surface area contributed by atoms with Crippen molar-refractivity contribution in [3.8, 4) is 6.07 Å². The Hall–Kier alpha value is -2.06. The van der Waals surface area contributed by atoms with Gasteiger partial charge in [0.25, 0.3) is 0 Å². The zero-order valence-corrected chi connectivity index (χ0v) is 17.2. The lowest BCUT2D eigenvalue weighted by Gasteiger charge is -2.32. The Bertz CT molecular complexity index is 684. The highest BCUT2D eigenvalue weighted by Crippen LogP contribution is 2.28. The minimum Gasteiger partial charge on any atom is -0.376 e. The molecule has 0 radical (unpaired) electrons. The van der Waals surface area contributed by atoms with E-state index in [0.29, 0.717) is 6.04 Å². The number of carbonyl (C=O) groups excluding carboxylic acids is 1. The summed E-state index contributed by atoms with van der Waals surface area (Å²) < 4.78 is 0. The van der Waals surface area contributed by atoms with Gasteiger partial charge in [-0.2, -0.15) is 5.26 Å². The quantitative estimate of drug-likeness (QED) is 0.741. The summed E-state index contributed by atoms with van der Waals surface area (Å²) in [7, 11) is 2.21. The molecule has 2 fully saturated rings. The monoisotopic (exact) mass is 382 g/mol. The molecule has 1 aromatic rings. The van der Waals surface area contributed by atoms with Gasteiger partial charge < -0.3 is 10.6 Å². The van der Waals surface area contributed by atoms with E-state index in [2.05, 4.69) is 40.8 Å². The number of amides is 1. The lowest BCUT2D eigenvalue weighted by atomic mass is 9.83. The maximum atomic E-state index is 12.5. The molecule has 0 spiro atoms. The van der Waals surface area contributed by atoms with E-state index in [0.717, 1.165) is 44.3 Å². The van der Waals surface area contributed by atoms with Crippen LogP contribution in [-0.4, -0.2) is 36.0 Å². The van der Waals surface area contributed by atoms with E-state index in [9.17, 15) is 10.1 Å². The molecule has 152 valence electrons. The number of nitriles is 1. The number of rotatable bonds is 7. The molecule has 0 saturated heterocycles.